The zero-order chi connectivity index (χ0) is 17.1. The van der Waals surface area contributed by atoms with Crippen LogP contribution in [0.15, 0.2) is 48.5 Å². The van der Waals surface area contributed by atoms with Gasteiger partial charge in [-0.15, -0.1) is 0 Å². The molecule has 2 aromatic carbocycles. The molecule has 0 spiro atoms. The Labute approximate surface area is 139 Å². The zero-order valence-electron chi connectivity index (χ0n) is 13.2. The molecule has 24 heavy (non-hydrogen) atoms. The van der Waals surface area contributed by atoms with Crippen LogP contribution in [0.25, 0.3) is 0 Å². The third-order valence-electron chi connectivity index (χ3n) is 3.95. The van der Waals surface area contributed by atoms with E-state index in [2.05, 4.69) is 5.32 Å². The van der Waals surface area contributed by atoms with Crippen molar-refractivity contribution in [3.05, 3.63) is 54.3 Å². The third-order valence-corrected chi connectivity index (χ3v) is 3.95. The van der Waals surface area contributed by atoms with Crippen molar-refractivity contribution in [2.75, 3.05) is 23.9 Å². The molecule has 0 bridgehead atoms. The van der Waals surface area contributed by atoms with E-state index in [-0.39, 0.29) is 24.8 Å². The van der Waals surface area contributed by atoms with Gasteiger partial charge < -0.3 is 15.0 Å². The molecule has 5 nitrogen and oxygen atoms in total. The molecule has 0 unspecified atom stereocenters. The summed E-state index contributed by atoms with van der Waals surface area (Å²) in [6.45, 7) is 0.285. The molecule has 0 aromatic heterocycles. The van der Waals surface area contributed by atoms with E-state index >= 15 is 0 Å². The van der Waals surface area contributed by atoms with Crippen LogP contribution in [-0.4, -0.2) is 25.5 Å². The van der Waals surface area contributed by atoms with Crippen molar-refractivity contribution in [2.24, 2.45) is 5.92 Å². The number of methoxy groups -OCH3 is 1. The topological polar surface area (TPSA) is 58.6 Å². The predicted octanol–water partition coefficient (Wildman–Crippen LogP) is 2.83. The van der Waals surface area contributed by atoms with Crippen molar-refractivity contribution in [2.45, 2.75) is 6.42 Å². The summed E-state index contributed by atoms with van der Waals surface area (Å²) < 4.78 is 18.3. The van der Waals surface area contributed by atoms with Crippen LogP contribution in [0, 0.1) is 11.7 Å². The summed E-state index contributed by atoms with van der Waals surface area (Å²) in [5.41, 5.74) is 1.08. The first kappa shape index (κ1) is 16.0. The van der Waals surface area contributed by atoms with E-state index in [9.17, 15) is 14.0 Å². The van der Waals surface area contributed by atoms with Gasteiger partial charge in [-0.25, -0.2) is 4.39 Å². The number of benzene rings is 2. The van der Waals surface area contributed by atoms with Crippen molar-refractivity contribution in [1.29, 1.82) is 0 Å². The number of hydrogen-bond acceptors (Lipinski definition) is 3. The number of nitrogens with one attached hydrogen (secondary N) is 1. The molecule has 2 amide bonds. The van der Waals surface area contributed by atoms with Gasteiger partial charge >= 0.3 is 0 Å². The van der Waals surface area contributed by atoms with E-state index in [0.29, 0.717) is 17.1 Å². The minimum absolute atomic E-state index is 0.123. The van der Waals surface area contributed by atoms with Crippen LogP contribution in [0.5, 0.6) is 5.75 Å². The monoisotopic (exact) mass is 328 g/mol. The van der Waals surface area contributed by atoms with Gasteiger partial charge in [0.2, 0.25) is 11.8 Å². The Kier molecular flexibility index (Phi) is 4.46. The number of amides is 2. The lowest BCUT2D eigenvalue weighted by Gasteiger charge is -2.17. The van der Waals surface area contributed by atoms with Gasteiger partial charge in [0.25, 0.3) is 0 Å². The minimum Gasteiger partial charge on any atom is -0.497 e. The number of ether oxygens (including phenoxy) is 1. The highest BCUT2D eigenvalue weighted by Crippen LogP contribution is 2.28. The first-order valence-electron chi connectivity index (χ1n) is 7.57. The largest absolute Gasteiger partial charge is 0.497 e. The summed E-state index contributed by atoms with van der Waals surface area (Å²) in [6, 6.07) is 12.8. The molecule has 1 fully saturated rings. The maximum absolute atomic E-state index is 13.2. The standard InChI is InChI=1S/C18H17FN2O3/c1-24-16-7-3-6-15(10-16)21-11-12(8-17(21)22)18(23)20-14-5-2-4-13(19)9-14/h2-7,9-10,12H,8,11H2,1H3,(H,20,23)/t12-/m1/s1. The lowest BCUT2D eigenvalue weighted by atomic mass is 10.1. The lowest BCUT2D eigenvalue weighted by molar-refractivity contribution is -0.122. The average Bonchev–Trinajstić information content (AvgIpc) is 2.97. The average molecular weight is 328 g/mol. The molecule has 1 aliphatic heterocycles. The predicted molar refractivity (Wildman–Crippen MR) is 88.5 cm³/mol. The Balaban J connectivity index is 1.70. The lowest BCUT2D eigenvalue weighted by Crippen LogP contribution is -2.28. The number of carbonyl (C=O) groups excluding carboxylic acids is 2. The van der Waals surface area contributed by atoms with Gasteiger partial charge in [0.1, 0.15) is 11.6 Å². The Morgan fingerprint density at radius 3 is 2.79 bits per heavy atom. The Hall–Kier alpha value is -2.89. The second-order valence-electron chi connectivity index (χ2n) is 5.61. The van der Waals surface area contributed by atoms with Crippen LogP contribution in [0.2, 0.25) is 0 Å². The van der Waals surface area contributed by atoms with Gasteiger partial charge in [-0.3, -0.25) is 9.59 Å². The molecular weight excluding hydrogens is 311 g/mol. The van der Waals surface area contributed by atoms with Crippen molar-refractivity contribution < 1.29 is 18.7 Å². The van der Waals surface area contributed by atoms with Crippen LogP contribution < -0.4 is 15.0 Å². The summed E-state index contributed by atoms with van der Waals surface area (Å²) >= 11 is 0. The Morgan fingerprint density at radius 1 is 1.25 bits per heavy atom. The first-order valence-corrected chi connectivity index (χ1v) is 7.57. The van der Waals surface area contributed by atoms with E-state index in [1.54, 1.807) is 42.3 Å². The first-order chi connectivity index (χ1) is 11.6. The van der Waals surface area contributed by atoms with Crippen LogP contribution >= 0.6 is 0 Å². The fourth-order valence-corrected chi connectivity index (χ4v) is 2.72. The van der Waals surface area contributed by atoms with E-state index in [1.807, 2.05) is 0 Å². The summed E-state index contributed by atoms with van der Waals surface area (Å²) in [6.07, 6.45) is 0.123. The summed E-state index contributed by atoms with van der Waals surface area (Å²) in [7, 11) is 1.56. The van der Waals surface area contributed by atoms with Gasteiger partial charge in [0, 0.05) is 30.4 Å². The van der Waals surface area contributed by atoms with Crippen LogP contribution in [0.4, 0.5) is 15.8 Å². The molecule has 1 aliphatic rings. The molecule has 1 saturated heterocycles. The number of hydrogen-bond donors (Lipinski definition) is 1. The Morgan fingerprint density at radius 2 is 2.04 bits per heavy atom. The molecule has 1 N–H and O–H groups in total. The van der Waals surface area contributed by atoms with E-state index in [0.717, 1.165) is 0 Å². The van der Waals surface area contributed by atoms with E-state index in [1.165, 1.54) is 18.2 Å². The number of halogens is 1. The summed E-state index contributed by atoms with van der Waals surface area (Å²) in [5, 5.41) is 2.66. The second kappa shape index (κ2) is 6.70. The molecule has 6 heteroatoms. The normalized spacial score (nSPS) is 17.0. The highest BCUT2D eigenvalue weighted by atomic mass is 19.1. The van der Waals surface area contributed by atoms with E-state index < -0.39 is 11.7 Å². The number of anilines is 2. The highest BCUT2D eigenvalue weighted by Gasteiger charge is 2.35. The molecule has 124 valence electrons. The fraction of sp³-hybridized carbons (Fsp3) is 0.222. The number of nitrogens with zero attached hydrogens (tertiary/aromatic N) is 1. The maximum atomic E-state index is 13.2. The van der Waals surface area contributed by atoms with Crippen LogP contribution in [0.1, 0.15) is 6.42 Å². The minimum atomic E-state index is -0.480. The quantitative estimate of drug-likeness (QED) is 0.939. The zero-order valence-corrected chi connectivity index (χ0v) is 13.2. The molecule has 0 saturated carbocycles. The van der Waals surface area contributed by atoms with Crippen LogP contribution in [0.3, 0.4) is 0 Å². The van der Waals surface area contributed by atoms with E-state index in [4.69, 9.17) is 4.74 Å². The molecule has 1 atom stereocenters. The molecule has 2 aromatic rings. The van der Waals surface area contributed by atoms with Crippen molar-refractivity contribution in [1.82, 2.24) is 0 Å². The summed E-state index contributed by atoms with van der Waals surface area (Å²) in [4.78, 5) is 26.1. The van der Waals surface area contributed by atoms with Crippen molar-refractivity contribution in [3.63, 3.8) is 0 Å². The maximum Gasteiger partial charge on any atom is 0.229 e. The molecular formula is C18H17FN2O3. The van der Waals surface area contributed by atoms with Crippen molar-refractivity contribution in [3.8, 4) is 5.75 Å². The van der Waals surface area contributed by atoms with Gasteiger partial charge in [-0.05, 0) is 30.3 Å². The molecule has 0 radical (unpaired) electrons. The van der Waals surface area contributed by atoms with Crippen molar-refractivity contribution >= 4 is 23.2 Å². The van der Waals surface area contributed by atoms with Gasteiger partial charge in [-0.2, -0.15) is 0 Å². The molecule has 3 rings (SSSR count). The summed E-state index contributed by atoms with van der Waals surface area (Å²) in [5.74, 6) is -0.671. The molecule has 1 heterocycles. The number of carbonyl (C=O) groups is 2. The second-order valence-corrected chi connectivity index (χ2v) is 5.61. The SMILES string of the molecule is COc1cccc(N2C[C@H](C(=O)Nc3cccc(F)c3)CC2=O)c1. The smallest absolute Gasteiger partial charge is 0.229 e. The third kappa shape index (κ3) is 3.37. The van der Waals surface area contributed by atoms with Crippen LogP contribution in [-0.2, 0) is 9.59 Å². The Bertz CT molecular complexity index is 778. The number of rotatable bonds is 4. The highest BCUT2D eigenvalue weighted by molar-refractivity contribution is 6.03. The van der Waals surface area contributed by atoms with Gasteiger partial charge in [0.05, 0.1) is 13.0 Å². The fourth-order valence-electron chi connectivity index (χ4n) is 2.72. The van der Waals surface area contributed by atoms with Gasteiger partial charge in [0.15, 0.2) is 0 Å². The van der Waals surface area contributed by atoms with Gasteiger partial charge in [-0.1, -0.05) is 12.1 Å². The molecule has 0 aliphatic carbocycles.